The third-order valence-electron chi connectivity index (χ3n) is 5.09. The number of carbonyl (C=O) groups excluding carboxylic acids is 4. The number of likely N-dealkylation sites (tertiary alicyclic amines) is 1. The highest BCUT2D eigenvalue weighted by Gasteiger charge is 2.38. The van der Waals surface area contributed by atoms with Crippen LogP contribution in [0.3, 0.4) is 0 Å². The maximum absolute atomic E-state index is 12.8. The molecule has 0 radical (unpaired) electrons. The van der Waals surface area contributed by atoms with E-state index in [1.807, 2.05) is 20.8 Å². The molecule has 0 unspecified atom stereocenters. The van der Waals surface area contributed by atoms with E-state index in [2.05, 4.69) is 5.32 Å². The van der Waals surface area contributed by atoms with Crippen LogP contribution in [0, 0.1) is 0 Å². The molecule has 1 N–H and O–H groups in total. The first-order valence-electron chi connectivity index (χ1n) is 10.9. The number of hydrogen-bond acceptors (Lipinski definition) is 7. The van der Waals surface area contributed by atoms with Gasteiger partial charge in [0.15, 0.2) is 0 Å². The van der Waals surface area contributed by atoms with Crippen LogP contribution < -0.4 is 5.32 Å². The largest absolute Gasteiger partial charge is 0.444 e. The molecule has 0 bridgehead atoms. The van der Waals surface area contributed by atoms with Gasteiger partial charge in [0, 0.05) is 38.5 Å². The summed E-state index contributed by atoms with van der Waals surface area (Å²) in [5.41, 5.74) is 0.297. The van der Waals surface area contributed by atoms with Crippen molar-refractivity contribution in [2.45, 2.75) is 64.9 Å². The number of benzene rings is 1. The molecule has 2 aliphatic heterocycles. The summed E-state index contributed by atoms with van der Waals surface area (Å²) in [5.74, 6) is -2.92. The zero-order chi connectivity index (χ0) is 24.4. The zero-order valence-electron chi connectivity index (χ0n) is 19.6. The summed E-state index contributed by atoms with van der Waals surface area (Å²) in [7, 11) is 0. The SMILES string of the molecule is CC(C)(C)OC(=O)NC1CCN(C(=O)c2ccc(C=C3C(=O)OC(C)(C)OC3=O)cc2)CC1. The Morgan fingerprint density at radius 2 is 1.61 bits per heavy atom. The van der Waals surface area contributed by atoms with Crippen molar-refractivity contribution in [1.82, 2.24) is 10.2 Å². The summed E-state index contributed by atoms with van der Waals surface area (Å²) in [6.07, 6.45) is 2.19. The number of rotatable bonds is 3. The van der Waals surface area contributed by atoms with E-state index in [1.54, 1.807) is 29.2 Å². The van der Waals surface area contributed by atoms with Gasteiger partial charge in [0.05, 0.1) is 0 Å². The monoisotopic (exact) mass is 458 g/mol. The Bertz CT molecular complexity index is 944. The zero-order valence-corrected chi connectivity index (χ0v) is 19.6. The molecule has 9 heteroatoms. The maximum atomic E-state index is 12.8. The highest BCUT2D eigenvalue weighted by atomic mass is 16.7. The van der Waals surface area contributed by atoms with Crippen LogP contribution >= 0.6 is 0 Å². The molecule has 1 aromatic carbocycles. The minimum atomic E-state index is -1.29. The first-order valence-corrected chi connectivity index (χ1v) is 10.9. The molecule has 0 aromatic heterocycles. The van der Waals surface area contributed by atoms with Crippen molar-refractivity contribution < 1.29 is 33.4 Å². The summed E-state index contributed by atoms with van der Waals surface area (Å²) in [5, 5.41) is 2.85. The first kappa shape index (κ1) is 24.3. The number of cyclic esters (lactones) is 2. The van der Waals surface area contributed by atoms with Crippen LogP contribution in [0.4, 0.5) is 4.79 Å². The number of carbonyl (C=O) groups is 4. The van der Waals surface area contributed by atoms with E-state index in [0.717, 1.165) is 0 Å². The molecule has 0 saturated carbocycles. The molecule has 0 spiro atoms. The van der Waals surface area contributed by atoms with Crippen molar-refractivity contribution in [1.29, 1.82) is 0 Å². The van der Waals surface area contributed by atoms with Gasteiger partial charge < -0.3 is 24.4 Å². The number of nitrogens with one attached hydrogen (secondary N) is 1. The van der Waals surface area contributed by atoms with Crippen LogP contribution in [0.5, 0.6) is 0 Å². The van der Waals surface area contributed by atoms with E-state index in [0.29, 0.717) is 37.1 Å². The van der Waals surface area contributed by atoms with Crippen LogP contribution in [-0.2, 0) is 23.8 Å². The maximum Gasteiger partial charge on any atom is 0.407 e. The van der Waals surface area contributed by atoms with Gasteiger partial charge in [-0.05, 0) is 57.4 Å². The molecule has 2 heterocycles. The second-order valence-electron chi connectivity index (χ2n) is 9.57. The third-order valence-corrected chi connectivity index (χ3v) is 5.09. The molecular weight excluding hydrogens is 428 g/mol. The van der Waals surface area contributed by atoms with Crippen molar-refractivity contribution >= 4 is 30.0 Å². The second-order valence-corrected chi connectivity index (χ2v) is 9.57. The molecule has 0 atom stereocenters. The summed E-state index contributed by atoms with van der Waals surface area (Å²) >= 11 is 0. The number of nitrogens with zero attached hydrogens (tertiary/aromatic N) is 1. The Kier molecular flexibility index (Phi) is 6.81. The quantitative estimate of drug-likeness (QED) is 0.421. The van der Waals surface area contributed by atoms with Crippen molar-refractivity contribution in [3.63, 3.8) is 0 Å². The van der Waals surface area contributed by atoms with Crippen LogP contribution in [0.2, 0.25) is 0 Å². The average Bonchev–Trinajstić information content (AvgIpc) is 2.69. The molecule has 2 amide bonds. The number of alkyl carbamates (subject to hydrolysis) is 1. The number of esters is 2. The van der Waals surface area contributed by atoms with Gasteiger partial charge in [-0.15, -0.1) is 0 Å². The molecular formula is C24H30N2O7. The minimum absolute atomic E-state index is 0.0436. The van der Waals surface area contributed by atoms with Gasteiger partial charge in [0.25, 0.3) is 11.7 Å². The molecule has 1 aromatic rings. The average molecular weight is 459 g/mol. The normalized spacial score (nSPS) is 18.8. The molecule has 2 aliphatic rings. The topological polar surface area (TPSA) is 111 Å². The predicted octanol–water partition coefficient (Wildman–Crippen LogP) is 3.04. The van der Waals surface area contributed by atoms with Crippen molar-refractivity contribution in [3.8, 4) is 0 Å². The highest BCUT2D eigenvalue weighted by molar-refractivity contribution is 6.18. The van der Waals surface area contributed by atoms with E-state index < -0.39 is 29.4 Å². The van der Waals surface area contributed by atoms with E-state index in [9.17, 15) is 19.2 Å². The lowest BCUT2D eigenvalue weighted by molar-refractivity contribution is -0.222. The second kappa shape index (κ2) is 9.25. The Morgan fingerprint density at radius 1 is 1.06 bits per heavy atom. The standard InChI is InChI=1S/C24H30N2O7/c1-23(2,3)33-22(30)25-17-10-12-26(13-11-17)19(27)16-8-6-15(7-9-16)14-18-20(28)31-24(4,5)32-21(18)29/h6-9,14,17H,10-13H2,1-5H3,(H,25,30). The smallest absolute Gasteiger partial charge is 0.407 e. The van der Waals surface area contributed by atoms with Gasteiger partial charge in [0.1, 0.15) is 11.2 Å². The van der Waals surface area contributed by atoms with Gasteiger partial charge in [-0.2, -0.15) is 0 Å². The lowest BCUT2D eigenvalue weighted by Crippen LogP contribution is -2.47. The molecule has 9 nitrogen and oxygen atoms in total. The fourth-order valence-electron chi connectivity index (χ4n) is 3.55. The molecule has 3 rings (SSSR count). The third kappa shape index (κ3) is 6.57. The Balaban J connectivity index is 1.56. The number of amides is 2. The Labute approximate surface area is 193 Å². The lowest BCUT2D eigenvalue weighted by Gasteiger charge is -2.33. The van der Waals surface area contributed by atoms with Gasteiger partial charge in [0.2, 0.25) is 0 Å². The van der Waals surface area contributed by atoms with E-state index in [4.69, 9.17) is 14.2 Å². The van der Waals surface area contributed by atoms with Gasteiger partial charge in [-0.1, -0.05) is 12.1 Å². The Morgan fingerprint density at radius 3 is 2.12 bits per heavy atom. The summed E-state index contributed by atoms with van der Waals surface area (Å²) in [6, 6.07) is 6.54. The predicted molar refractivity (Wildman–Crippen MR) is 119 cm³/mol. The van der Waals surface area contributed by atoms with Crippen LogP contribution in [0.25, 0.3) is 6.08 Å². The highest BCUT2D eigenvalue weighted by Crippen LogP contribution is 2.24. The minimum Gasteiger partial charge on any atom is -0.444 e. The fourth-order valence-corrected chi connectivity index (χ4v) is 3.55. The molecule has 33 heavy (non-hydrogen) atoms. The molecule has 2 fully saturated rings. The lowest BCUT2D eigenvalue weighted by atomic mass is 10.0. The van der Waals surface area contributed by atoms with Crippen LogP contribution in [-0.4, -0.2) is 59.4 Å². The van der Waals surface area contributed by atoms with Gasteiger partial charge in [-0.3, -0.25) is 4.79 Å². The van der Waals surface area contributed by atoms with Crippen molar-refractivity contribution in [2.24, 2.45) is 0 Å². The van der Waals surface area contributed by atoms with Crippen LogP contribution in [0.1, 0.15) is 63.4 Å². The fraction of sp³-hybridized carbons (Fsp3) is 0.500. The summed E-state index contributed by atoms with van der Waals surface area (Å²) in [6.45, 7) is 9.41. The van der Waals surface area contributed by atoms with Crippen molar-refractivity contribution in [3.05, 3.63) is 41.0 Å². The van der Waals surface area contributed by atoms with E-state index in [-0.39, 0.29) is 17.5 Å². The molecule has 2 saturated heterocycles. The Hall–Kier alpha value is -3.36. The van der Waals surface area contributed by atoms with Crippen LogP contribution in [0.15, 0.2) is 29.8 Å². The number of ether oxygens (including phenoxy) is 3. The van der Waals surface area contributed by atoms with Gasteiger partial charge >= 0.3 is 18.0 Å². The molecule has 178 valence electrons. The number of piperidine rings is 1. The summed E-state index contributed by atoms with van der Waals surface area (Å²) < 4.78 is 15.4. The molecule has 0 aliphatic carbocycles. The number of hydrogen-bond donors (Lipinski definition) is 1. The first-order chi connectivity index (χ1) is 15.3. The van der Waals surface area contributed by atoms with Crippen molar-refractivity contribution in [2.75, 3.05) is 13.1 Å². The van der Waals surface area contributed by atoms with E-state index >= 15 is 0 Å². The van der Waals surface area contributed by atoms with E-state index in [1.165, 1.54) is 19.9 Å². The summed E-state index contributed by atoms with van der Waals surface area (Å²) in [4.78, 5) is 50.7. The van der Waals surface area contributed by atoms with Gasteiger partial charge in [-0.25, -0.2) is 14.4 Å².